The second kappa shape index (κ2) is 5.24. The standard InChI is InChI=1S/C13H16N4O2S/c1-17-11(19-2)5-10(16-17)12(18)14-6-9-7-20-13(15-9)8-3-4-8/h5,7-8H,3-4,6H2,1-2H3,(H,14,18). The number of hydrogen-bond donors (Lipinski definition) is 1. The molecule has 1 saturated carbocycles. The molecule has 3 rings (SSSR count). The lowest BCUT2D eigenvalue weighted by molar-refractivity contribution is 0.0944. The van der Waals surface area contributed by atoms with E-state index < -0.39 is 0 Å². The minimum absolute atomic E-state index is 0.218. The topological polar surface area (TPSA) is 69.0 Å². The maximum Gasteiger partial charge on any atom is 0.272 e. The number of carbonyl (C=O) groups is 1. The van der Waals surface area contributed by atoms with Gasteiger partial charge in [-0.15, -0.1) is 11.3 Å². The van der Waals surface area contributed by atoms with E-state index in [1.807, 2.05) is 5.38 Å². The zero-order chi connectivity index (χ0) is 14.1. The number of nitrogens with one attached hydrogen (secondary N) is 1. The van der Waals surface area contributed by atoms with Crippen LogP contribution in [0.2, 0.25) is 0 Å². The molecule has 0 atom stereocenters. The van der Waals surface area contributed by atoms with Crippen molar-refractivity contribution in [3.63, 3.8) is 0 Å². The van der Waals surface area contributed by atoms with E-state index in [-0.39, 0.29) is 5.91 Å². The normalized spacial score (nSPS) is 14.3. The van der Waals surface area contributed by atoms with Gasteiger partial charge in [0, 0.05) is 24.4 Å². The van der Waals surface area contributed by atoms with Crippen molar-refractivity contribution in [2.45, 2.75) is 25.3 Å². The molecule has 1 aliphatic carbocycles. The van der Waals surface area contributed by atoms with Gasteiger partial charge in [-0.05, 0) is 12.8 Å². The number of aryl methyl sites for hydroxylation is 1. The number of amides is 1. The molecule has 0 bridgehead atoms. The first-order valence-electron chi connectivity index (χ1n) is 6.48. The molecule has 6 nitrogen and oxygen atoms in total. The Morgan fingerprint density at radius 3 is 3.05 bits per heavy atom. The van der Waals surface area contributed by atoms with Crippen LogP contribution in [0.15, 0.2) is 11.4 Å². The molecule has 0 saturated heterocycles. The Bertz CT molecular complexity index is 630. The Hall–Kier alpha value is -1.89. The van der Waals surface area contributed by atoms with Gasteiger partial charge in [0.1, 0.15) is 0 Å². The smallest absolute Gasteiger partial charge is 0.272 e. The van der Waals surface area contributed by atoms with E-state index in [2.05, 4.69) is 15.4 Å². The van der Waals surface area contributed by atoms with Crippen LogP contribution in [0.4, 0.5) is 0 Å². The van der Waals surface area contributed by atoms with Crippen LogP contribution < -0.4 is 10.1 Å². The third-order valence-corrected chi connectivity index (χ3v) is 4.26. The van der Waals surface area contributed by atoms with E-state index in [1.54, 1.807) is 31.6 Å². The number of hydrogen-bond acceptors (Lipinski definition) is 5. The fourth-order valence-corrected chi connectivity index (χ4v) is 2.93. The summed E-state index contributed by atoms with van der Waals surface area (Å²) in [5.41, 5.74) is 1.26. The third-order valence-electron chi connectivity index (χ3n) is 3.20. The Balaban J connectivity index is 1.60. The highest BCUT2D eigenvalue weighted by atomic mass is 32.1. The summed E-state index contributed by atoms with van der Waals surface area (Å²) in [7, 11) is 3.28. The summed E-state index contributed by atoms with van der Waals surface area (Å²) in [5.74, 6) is 0.995. The van der Waals surface area contributed by atoms with Crippen molar-refractivity contribution >= 4 is 17.2 Å². The van der Waals surface area contributed by atoms with E-state index in [1.165, 1.54) is 22.5 Å². The summed E-state index contributed by atoms with van der Waals surface area (Å²) in [5, 5.41) is 10.1. The second-order valence-electron chi connectivity index (χ2n) is 4.83. The van der Waals surface area contributed by atoms with Crippen LogP contribution in [0.25, 0.3) is 0 Å². The lowest BCUT2D eigenvalue weighted by atomic mass is 10.4. The molecule has 2 aromatic rings. The Morgan fingerprint density at radius 1 is 1.60 bits per heavy atom. The molecule has 20 heavy (non-hydrogen) atoms. The number of nitrogens with zero attached hydrogens (tertiary/aromatic N) is 3. The summed E-state index contributed by atoms with van der Waals surface area (Å²) in [6.45, 7) is 0.431. The molecule has 2 heterocycles. The number of rotatable bonds is 5. The molecular weight excluding hydrogens is 276 g/mol. The summed E-state index contributed by atoms with van der Waals surface area (Å²) in [6, 6.07) is 1.62. The molecule has 1 aliphatic rings. The van der Waals surface area contributed by atoms with Gasteiger partial charge in [0.2, 0.25) is 5.88 Å². The highest BCUT2D eigenvalue weighted by Crippen LogP contribution is 2.41. The quantitative estimate of drug-likeness (QED) is 0.910. The first-order valence-corrected chi connectivity index (χ1v) is 7.36. The highest BCUT2D eigenvalue weighted by Gasteiger charge is 2.26. The number of aromatic nitrogens is 3. The van der Waals surface area contributed by atoms with E-state index in [0.717, 1.165) is 5.69 Å². The average molecular weight is 292 g/mol. The lowest BCUT2D eigenvalue weighted by Crippen LogP contribution is -2.23. The van der Waals surface area contributed by atoms with Crippen LogP contribution in [0, 0.1) is 0 Å². The van der Waals surface area contributed by atoms with Crippen LogP contribution in [0.5, 0.6) is 5.88 Å². The van der Waals surface area contributed by atoms with E-state index >= 15 is 0 Å². The molecule has 0 spiro atoms. The molecular formula is C13H16N4O2S. The van der Waals surface area contributed by atoms with Crippen molar-refractivity contribution in [1.29, 1.82) is 0 Å². The third kappa shape index (κ3) is 2.67. The molecule has 1 fully saturated rings. The minimum atomic E-state index is -0.218. The van der Waals surface area contributed by atoms with E-state index in [4.69, 9.17) is 4.74 Å². The summed E-state index contributed by atoms with van der Waals surface area (Å²) in [6.07, 6.45) is 2.49. The van der Waals surface area contributed by atoms with Gasteiger partial charge in [-0.25, -0.2) is 9.67 Å². The van der Waals surface area contributed by atoms with Crippen molar-refractivity contribution in [3.8, 4) is 5.88 Å². The van der Waals surface area contributed by atoms with Crippen LogP contribution >= 0.6 is 11.3 Å². The van der Waals surface area contributed by atoms with Gasteiger partial charge in [0.15, 0.2) is 5.69 Å². The van der Waals surface area contributed by atoms with Crippen molar-refractivity contribution in [1.82, 2.24) is 20.1 Å². The lowest BCUT2D eigenvalue weighted by Gasteiger charge is -1.99. The Labute approximate surface area is 120 Å². The fraction of sp³-hybridized carbons (Fsp3) is 0.462. The van der Waals surface area contributed by atoms with Crippen molar-refractivity contribution in [3.05, 3.63) is 27.8 Å². The predicted octanol–water partition coefficient (Wildman–Crippen LogP) is 1.69. The number of methoxy groups -OCH3 is 1. The van der Waals surface area contributed by atoms with Gasteiger partial charge in [0.25, 0.3) is 5.91 Å². The minimum Gasteiger partial charge on any atom is -0.481 e. The van der Waals surface area contributed by atoms with Gasteiger partial charge >= 0.3 is 0 Å². The summed E-state index contributed by atoms with van der Waals surface area (Å²) >= 11 is 1.68. The van der Waals surface area contributed by atoms with Gasteiger partial charge < -0.3 is 10.1 Å². The van der Waals surface area contributed by atoms with Crippen molar-refractivity contribution < 1.29 is 9.53 Å². The van der Waals surface area contributed by atoms with Gasteiger partial charge in [-0.2, -0.15) is 5.10 Å². The van der Waals surface area contributed by atoms with Crippen LogP contribution in [-0.2, 0) is 13.6 Å². The van der Waals surface area contributed by atoms with Crippen LogP contribution in [0.1, 0.15) is 39.9 Å². The van der Waals surface area contributed by atoms with E-state index in [9.17, 15) is 4.79 Å². The molecule has 0 radical (unpaired) electrons. The van der Waals surface area contributed by atoms with Crippen LogP contribution in [-0.4, -0.2) is 27.8 Å². The summed E-state index contributed by atoms with van der Waals surface area (Å²) < 4.78 is 6.62. The van der Waals surface area contributed by atoms with Gasteiger partial charge in [-0.1, -0.05) is 0 Å². The largest absolute Gasteiger partial charge is 0.481 e. The van der Waals surface area contributed by atoms with Crippen LogP contribution in [0.3, 0.4) is 0 Å². The molecule has 7 heteroatoms. The Morgan fingerprint density at radius 2 is 2.40 bits per heavy atom. The summed E-state index contributed by atoms with van der Waals surface area (Å²) in [4.78, 5) is 16.5. The Kier molecular flexibility index (Phi) is 3.43. The highest BCUT2D eigenvalue weighted by molar-refractivity contribution is 7.09. The molecule has 1 N–H and O–H groups in total. The number of ether oxygens (including phenoxy) is 1. The van der Waals surface area contributed by atoms with Gasteiger partial charge in [-0.3, -0.25) is 4.79 Å². The average Bonchev–Trinajstić information content (AvgIpc) is 3.07. The molecule has 2 aromatic heterocycles. The maximum atomic E-state index is 12.0. The number of carbonyl (C=O) groups excluding carboxylic acids is 1. The monoisotopic (exact) mass is 292 g/mol. The van der Waals surface area contributed by atoms with Crippen molar-refractivity contribution in [2.24, 2.45) is 7.05 Å². The van der Waals surface area contributed by atoms with E-state index in [0.29, 0.717) is 24.0 Å². The molecule has 0 unspecified atom stereocenters. The first-order chi connectivity index (χ1) is 9.67. The maximum absolute atomic E-state index is 12.0. The van der Waals surface area contributed by atoms with Crippen molar-refractivity contribution in [2.75, 3.05) is 7.11 Å². The molecule has 1 amide bonds. The molecule has 106 valence electrons. The SMILES string of the molecule is COc1cc(C(=O)NCc2csc(C3CC3)n2)nn1C. The molecule has 0 aromatic carbocycles. The zero-order valence-electron chi connectivity index (χ0n) is 11.4. The predicted molar refractivity (Wildman–Crippen MR) is 75.0 cm³/mol. The first kappa shape index (κ1) is 13.1. The fourth-order valence-electron chi connectivity index (χ4n) is 1.94. The molecule has 0 aliphatic heterocycles. The number of thiazole rings is 1. The van der Waals surface area contributed by atoms with Gasteiger partial charge in [0.05, 0.1) is 24.4 Å². The zero-order valence-corrected chi connectivity index (χ0v) is 12.2. The second-order valence-corrected chi connectivity index (χ2v) is 5.72.